The van der Waals surface area contributed by atoms with Gasteiger partial charge in [-0.3, -0.25) is 0 Å². The highest BCUT2D eigenvalue weighted by Crippen LogP contribution is 2.37. The molecule has 4 aromatic rings. The van der Waals surface area contributed by atoms with Gasteiger partial charge in [0.25, 0.3) is 0 Å². The van der Waals surface area contributed by atoms with Gasteiger partial charge in [0.1, 0.15) is 11.8 Å². The molecule has 3 heterocycles. The van der Waals surface area contributed by atoms with Crippen LogP contribution in [-0.4, -0.2) is 19.9 Å². The van der Waals surface area contributed by atoms with Crippen LogP contribution in [0.3, 0.4) is 0 Å². The van der Waals surface area contributed by atoms with E-state index in [-0.39, 0.29) is 0 Å². The van der Waals surface area contributed by atoms with Crippen LogP contribution in [0.2, 0.25) is 0 Å². The summed E-state index contributed by atoms with van der Waals surface area (Å²) in [5.74, 6) is 1.22. The summed E-state index contributed by atoms with van der Waals surface area (Å²) in [5, 5.41) is 1.26. The van der Waals surface area contributed by atoms with Crippen molar-refractivity contribution in [3.8, 4) is 10.7 Å². The lowest BCUT2D eigenvalue weighted by molar-refractivity contribution is 1.21. The van der Waals surface area contributed by atoms with E-state index in [1.54, 1.807) is 11.3 Å². The second-order valence-electron chi connectivity index (χ2n) is 4.60. The maximum Gasteiger partial charge on any atom is 0.183 e. The first-order valence-corrected chi connectivity index (χ1v) is 7.00. The van der Waals surface area contributed by atoms with E-state index in [0.717, 1.165) is 10.7 Å². The minimum Gasteiger partial charge on any atom is -0.382 e. The first-order chi connectivity index (χ1) is 9.74. The number of aromatic nitrogens is 4. The molecule has 0 aliphatic rings. The lowest BCUT2D eigenvalue weighted by atomic mass is 10.1. The first kappa shape index (κ1) is 11.4. The number of fused-ring (bicyclic) bond motifs is 2. The number of rotatable bonds is 1. The Bertz CT molecular complexity index is 937. The smallest absolute Gasteiger partial charge is 0.183 e. The van der Waals surface area contributed by atoms with Crippen molar-refractivity contribution in [2.24, 2.45) is 0 Å². The summed E-state index contributed by atoms with van der Waals surface area (Å²) in [6.07, 6.45) is 1.43. The van der Waals surface area contributed by atoms with Crippen LogP contribution in [0.5, 0.6) is 0 Å². The van der Waals surface area contributed by atoms with Gasteiger partial charge in [0.2, 0.25) is 0 Å². The molecular weight excluding hydrogens is 270 g/mol. The van der Waals surface area contributed by atoms with Gasteiger partial charge in [-0.25, -0.2) is 15.0 Å². The Morgan fingerprint density at radius 1 is 1.20 bits per heavy atom. The molecule has 3 aromatic heterocycles. The average Bonchev–Trinajstić information content (AvgIpc) is 3.02. The van der Waals surface area contributed by atoms with E-state index in [0.29, 0.717) is 17.0 Å². The summed E-state index contributed by atoms with van der Waals surface area (Å²) in [5.41, 5.74) is 8.36. The van der Waals surface area contributed by atoms with Crippen molar-refractivity contribution in [2.45, 2.75) is 6.92 Å². The number of nitrogens with two attached hydrogens (primary N) is 1. The molecule has 0 aliphatic carbocycles. The molecule has 0 aliphatic heterocycles. The van der Waals surface area contributed by atoms with Gasteiger partial charge in [-0.1, -0.05) is 18.2 Å². The molecule has 0 bridgehead atoms. The van der Waals surface area contributed by atoms with Gasteiger partial charge >= 0.3 is 0 Å². The van der Waals surface area contributed by atoms with Crippen LogP contribution in [0.1, 0.15) is 5.56 Å². The van der Waals surface area contributed by atoms with Gasteiger partial charge in [-0.05, 0) is 23.9 Å². The highest BCUT2D eigenvalue weighted by Gasteiger charge is 2.15. The molecule has 6 heteroatoms. The van der Waals surface area contributed by atoms with Gasteiger partial charge in [-0.2, -0.15) is 0 Å². The normalized spacial score (nSPS) is 11.4. The van der Waals surface area contributed by atoms with E-state index in [1.807, 2.05) is 12.1 Å². The number of H-pyrrole nitrogens is 1. The summed E-state index contributed by atoms with van der Waals surface area (Å²) in [6, 6.07) is 8.34. The van der Waals surface area contributed by atoms with Gasteiger partial charge in [0, 0.05) is 4.70 Å². The Morgan fingerprint density at radius 3 is 2.85 bits per heavy atom. The minimum atomic E-state index is 0.424. The quantitative estimate of drug-likeness (QED) is 0.561. The van der Waals surface area contributed by atoms with Crippen molar-refractivity contribution in [2.75, 3.05) is 5.73 Å². The van der Waals surface area contributed by atoms with Crippen molar-refractivity contribution in [1.82, 2.24) is 19.9 Å². The zero-order valence-electron chi connectivity index (χ0n) is 10.7. The summed E-state index contributed by atoms with van der Waals surface area (Å²) < 4.78 is 1.25. The first-order valence-electron chi connectivity index (χ1n) is 6.19. The SMILES string of the molecule is Cc1c(-c2nc3ncnc(N)c3[nH]2)sc2ccccc12. The third-order valence-electron chi connectivity index (χ3n) is 3.38. The van der Waals surface area contributed by atoms with Crippen LogP contribution in [-0.2, 0) is 0 Å². The molecule has 5 nitrogen and oxygen atoms in total. The number of thiophene rings is 1. The number of nitrogens with zero attached hydrogens (tertiary/aromatic N) is 3. The highest BCUT2D eigenvalue weighted by atomic mass is 32.1. The molecule has 4 rings (SSSR count). The Kier molecular flexibility index (Phi) is 2.28. The zero-order valence-corrected chi connectivity index (χ0v) is 11.5. The van der Waals surface area contributed by atoms with E-state index in [2.05, 4.69) is 39.0 Å². The van der Waals surface area contributed by atoms with Crippen LogP contribution in [0.25, 0.3) is 32.0 Å². The third-order valence-corrected chi connectivity index (χ3v) is 4.66. The number of benzene rings is 1. The number of hydrogen-bond donors (Lipinski definition) is 2. The number of anilines is 1. The molecule has 0 unspecified atom stereocenters. The Hall–Kier alpha value is -2.47. The second kappa shape index (κ2) is 4.01. The van der Waals surface area contributed by atoms with Gasteiger partial charge in [0.15, 0.2) is 17.3 Å². The van der Waals surface area contributed by atoms with E-state index < -0.39 is 0 Å². The molecule has 0 saturated heterocycles. The minimum absolute atomic E-state index is 0.424. The zero-order chi connectivity index (χ0) is 13.7. The molecule has 0 fully saturated rings. The van der Waals surface area contributed by atoms with Gasteiger partial charge < -0.3 is 10.7 Å². The Labute approximate surface area is 118 Å². The van der Waals surface area contributed by atoms with Crippen LogP contribution in [0.15, 0.2) is 30.6 Å². The Balaban J connectivity index is 2.01. The number of aryl methyl sites for hydroxylation is 1. The lowest BCUT2D eigenvalue weighted by Gasteiger charge is -1.93. The summed E-state index contributed by atoms with van der Waals surface area (Å²) >= 11 is 1.72. The monoisotopic (exact) mass is 281 g/mol. The van der Waals surface area contributed by atoms with Gasteiger partial charge in [0.05, 0.1) is 4.88 Å². The molecule has 0 spiro atoms. The number of aromatic amines is 1. The molecule has 20 heavy (non-hydrogen) atoms. The predicted octanol–water partition coefficient (Wildman–Crippen LogP) is 3.13. The fourth-order valence-corrected chi connectivity index (χ4v) is 3.51. The molecule has 0 radical (unpaired) electrons. The Morgan fingerprint density at radius 2 is 2.05 bits per heavy atom. The summed E-state index contributed by atoms with van der Waals surface area (Å²) in [6.45, 7) is 2.11. The van der Waals surface area contributed by atoms with E-state index in [4.69, 9.17) is 5.73 Å². The second-order valence-corrected chi connectivity index (χ2v) is 5.65. The van der Waals surface area contributed by atoms with Crippen LogP contribution >= 0.6 is 11.3 Å². The largest absolute Gasteiger partial charge is 0.382 e. The highest BCUT2D eigenvalue weighted by molar-refractivity contribution is 7.22. The average molecular weight is 281 g/mol. The maximum absolute atomic E-state index is 5.84. The number of hydrogen-bond acceptors (Lipinski definition) is 5. The fourth-order valence-electron chi connectivity index (χ4n) is 2.35. The molecule has 0 amide bonds. The van der Waals surface area contributed by atoms with E-state index >= 15 is 0 Å². The van der Waals surface area contributed by atoms with Crippen molar-refractivity contribution >= 4 is 38.4 Å². The van der Waals surface area contributed by atoms with Crippen LogP contribution in [0, 0.1) is 6.92 Å². The van der Waals surface area contributed by atoms with E-state index in [9.17, 15) is 0 Å². The topological polar surface area (TPSA) is 80.5 Å². The molecular formula is C14H11N5S. The van der Waals surface area contributed by atoms with Crippen LogP contribution in [0.4, 0.5) is 5.82 Å². The third kappa shape index (κ3) is 1.51. The number of nitrogens with one attached hydrogen (secondary N) is 1. The number of nitrogen functional groups attached to an aromatic ring is 1. The maximum atomic E-state index is 5.84. The summed E-state index contributed by atoms with van der Waals surface area (Å²) in [4.78, 5) is 17.0. The van der Waals surface area contributed by atoms with Crippen molar-refractivity contribution in [3.63, 3.8) is 0 Å². The molecule has 0 atom stereocenters. The predicted molar refractivity (Wildman–Crippen MR) is 81.7 cm³/mol. The standard InChI is InChI=1S/C14H11N5S/c1-7-8-4-2-3-5-9(8)20-11(7)14-18-10-12(15)16-6-17-13(10)19-14/h2-6H,1H3,(H3,15,16,17,18,19). The van der Waals surface area contributed by atoms with Crippen molar-refractivity contribution in [3.05, 3.63) is 36.2 Å². The van der Waals surface area contributed by atoms with Crippen molar-refractivity contribution in [1.29, 1.82) is 0 Å². The lowest BCUT2D eigenvalue weighted by Crippen LogP contribution is -1.91. The summed E-state index contributed by atoms with van der Waals surface area (Å²) in [7, 11) is 0. The molecule has 3 N–H and O–H groups in total. The number of imidazole rings is 1. The molecule has 1 aromatic carbocycles. The molecule has 98 valence electrons. The fraction of sp³-hybridized carbons (Fsp3) is 0.0714. The molecule has 0 saturated carbocycles. The van der Waals surface area contributed by atoms with Gasteiger partial charge in [-0.15, -0.1) is 11.3 Å². The van der Waals surface area contributed by atoms with Crippen molar-refractivity contribution < 1.29 is 0 Å². The van der Waals surface area contributed by atoms with Crippen LogP contribution < -0.4 is 5.73 Å². The van der Waals surface area contributed by atoms with E-state index in [1.165, 1.54) is 22.0 Å².